The molecule has 1 N–H and O–H groups in total. The van der Waals surface area contributed by atoms with Crippen molar-refractivity contribution in [3.63, 3.8) is 0 Å². The van der Waals surface area contributed by atoms with Crippen molar-refractivity contribution in [1.82, 2.24) is 10.3 Å². The Balaban J connectivity index is 1.60. The monoisotopic (exact) mass is 348 g/mol. The minimum Gasteiger partial charge on any atom is -0.377 e. The summed E-state index contributed by atoms with van der Waals surface area (Å²) in [6, 6.07) is 13.4. The molecule has 0 atom stereocenters. The molecule has 5 heteroatoms. The van der Waals surface area contributed by atoms with Crippen molar-refractivity contribution in [1.29, 1.82) is 0 Å². The molecular formula is C16H17BrN2O2. The molecule has 0 radical (unpaired) electrons. The Bertz CT molecular complexity index is 575. The fraction of sp³-hybridized carbons (Fsp3) is 0.250. The van der Waals surface area contributed by atoms with E-state index in [9.17, 15) is 4.79 Å². The van der Waals surface area contributed by atoms with Crippen molar-refractivity contribution in [2.45, 2.75) is 13.0 Å². The molecule has 1 amide bonds. The highest BCUT2D eigenvalue weighted by atomic mass is 79.9. The van der Waals surface area contributed by atoms with E-state index in [-0.39, 0.29) is 5.91 Å². The second-order valence-electron chi connectivity index (χ2n) is 4.51. The van der Waals surface area contributed by atoms with E-state index in [4.69, 9.17) is 4.74 Å². The van der Waals surface area contributed by atoms with Crippen LogP contribution in [0.25, 0.3) is 0 Å². The Labute approximate surface area is 132 Å². The number of ether oxygens (including phenoxy) is 1. The van der Waals surface area contributed by atoms with E-state index in [1.165, 1.54) is 0 Å². The van der Waals surface area contributed by atoms with Crippen molar-refractivity contribution < 1.29 is 9.53 Å². The van der Waals surface area contributed by atoms with E-state index in [2.05, 4.69) is 26.2 Å². The maximum atomic E-state index is 11.9. The molecule has 0 saturated carbocycles. The van der Waals surface area contributed by atoms with Gasteiger partial charge in [0, 0.05) is 24.9 Å². The van der Waals surface area contributed by atoms with Gasteiger partial charge < -0.3 is 10.1 Å². The van der Waals surface area contributed by atoms with Gasteiger partial charge in [-0.15, -0.1) is 0 Å². The van der Waals surface area contributed by atoms with Gasteiger partial charge in [0.05, 0.1) is 6.61 Å². The normalized spacial score (nSPS) is 10.3. The number of halogens is 1. The van der Waals surface area contributed by atoms with Crippen LogP contribution in [0.5, 0.6) is 0 Å². The highest BCUT2D eigenvalue weighted by Gasteiger charge is 2.05. The van der Waals surface area contributed by atoms with Crippen LogP contribution < -0.4 is 5.32 Å². The molecule has 2 rings (SSSR count). The quantitative estimate of drug-likeness (QED) is 0.617. The molecule has 0 aliphatic heterocycles. The number of hydrogen-bond donors (Lipinski definition) is 1. The molecule has 1 aromatic heterocycles. The maximum Gasteiger partial charge on any atom is 0.251 e. The summed E-state index contributed by atoms with van der Waals surface area (Å²) >= 11 is 3.24. The highest BCUT2D eigenvalue weighted by molar-refractivity contribution is 9.10. The summed E-state index contributed by atoms with van der Waals surface area (Å²) in [6.07, 6.45) is 2.38. The standard InChI is InChI=1S/C16H17BrN2O2/c17-15-11-14(7-9-18-15)16(20)19-8-4-10-21-12-13-5-2-1-3-6-13/h1-3,5-7,9,11H,4,8,10,12H2,(H,19,20). The molecule has 0 aliphatic rings. The molecule has 1 heterocycles. The lowest BCUT2D eigenvalue weighted by Crippen LogP contribution is -2.25. The highest BCUT2D eigenvalue weighted by Crippen LogP contribution is 2.07. The minimum absolute atomic E-state index is 0.0961. The molecule has 1 aromatic carbocycles. The first-order valence-electron chi connectivity index (χ1n) is 6.77. The average Bonchev–Trinajstić information content (AvgIpc) is 2.51. The Hall–Kier alpha value is -1.72. The Morgan fingerprint density at radius 3 is 2.81 bits per heavy atom. The zero-order valence-corrected chi connectivity index (χ0v) is 13.2. The van der Waals surface area contributed by atoms with Gasteiger partial charge in [-0.3, -0.25) is 4.79 Å². The van der Waals surface area contributed by atoms with E-state index in [1.807, 2.05) is 30.3 Å². The number of hydrogen-bond acceptors (Lipinski definition) is 3. The van der Waals surface area contributed by atoms with Gasteiger partial charge in [-0.2, -0.15) is 0 Å². The number of aromatic nitrogens is 1. The van der Waals surface area contributed by atoms with Crippen molar-refractivity contribution in [2.24, 2.45) is 0 Å². The Kier molecular flexibility index (Phi) is 6.37. The third kappa shape index (κ3) is 5.65. The third-order valence-electron chi connectivity index (χ3n) is 2.85. The van der Waals surface area contributed by atoms with E-state index >= 15 is 0 Å². The molecule has 0 unspecified atom stereocenters. The van der Waals surface area contributed by atoms with Crippen LogP contribution in [0.1, 0.15) is 22.3 Å². The second-order valence-corrected chi connectivity index (χ2v) is 5.33. The van der Waals surface area contributed by atoms with Crippen LogP contribution in [-0.4, -0.2) is 24.0 Å². The minimum atomic E-state index is -0.0961. The number of rotatable bonds is 7. The summed E-state index contributed by atoms with van der Waals surface area (Å²) in [7, 11) is 0. The van der Waals surface area contributed by atoms with Gasteiger partial charge >= 0.3 is 0 Å². The lowest BCUT2D eigenvalue weighted by molar-refractivity contribution is 0.0934. The molecule has 0 spiro atoms. The number of pyridine rings is 1. The molecule has 4 nitrogen and oxygen atoms in total. The number of nitrogens with one attached hydrogen (secondary N) is 1. The molecule has 2 aromatic rings. The number of carbonyl (C=O) groups excluding carboxylic acids is 1. The zero-order chi connectivity index (χ0) is 14.9. The van der Waals surface area contributed by atoms with Gasteiger partial charge in [-0.05, 0) is 40.0 Å². The van der Waals surface area contributed by atoms with E-state index in [0.29, 0.717) is 29.9 Å². The number of amides is 1. The first-order valence-corrected chi connectivity index (χ1v) is 7.56. The fourth-order valence-electron chi connectivity index (χ4n) is 1.79. The zero-order valence-electron chi connectivity index (χ0n) is 11.6. The number of nitrogens with zero attached hydrogens (tertiary/aromatic N) is 1. The molecule has 0 fully saturated rings. The van der Waals surface area contributed by atoms with E-state index in [1.54, 1.807) is 18.3 Å². The molecule has 0 aliphatic carbocycles. The summed E-state index contributed by atoms with van der Waals surface area (Å²) in [5, 5.41) is 2.86. The Morgan fingerprint density at radius 2 is 2.05 bits per heavy atom. The van der Waals surface area contributed by atoms with Gasteiger partial charge in [-0.1, -0.05) is 30.3 Å². The fourth-order valence-corrected chi connectivity index (χ4v) is 2.15. The number of benzene rings is 1. The predicted octanol–water partition coefficient (Wildman–Crippen LogP) is 3.18. The summed E-state index contributed by atoms with van der Waals surface area (Å²) in [5.74, 6) is -0.0961. The van der Waals surface area contributed by atoms with Crippen LogP contribution in [0.4, 0.5) is 0 Å². The lowest BCUT2D eigenvalue weighted by Gasteiger charge is -2.06. The van der Waals surface area contributed by atoms with Gasteiger partial charge in [0.1, 0.15) is 4.60 Å². The second kappa shape index (κ2) is 8.54. The lowest BCUT2D eigenvalue weighted by atomic mass is 10.2. The van der Waals surface area contributed by atoms with Gasteiger partial charge in [0.25, 0.3) is 5.91 Å². The van der Waals surface area contributed by atoms with Crippen LogP contribution in [0.15, 0.2) is 53.3 Å². The molecule has 21 heavy (non-hydrogen) atoms. The first-order chi connectivity index (χ1) is 10.3. The predicted molar refractivity (Wildman–Crippen MR) is 85.0 cm³/mol. The Morgan fingerprint density at radius 1 is 1.24 bits per heavy atom. The SMILES string of the molecule is O=C(NCCCOCc1ccccc1)c1ccnc(Br)c1. The van der Waals surface area contributed by atoms with Crippen molar-refractivity contribution in [2.75, 3.05) is 13.2 Å². The molecule has 0 bridgehead atoms. The van der Waals surface area contributed by atoms with Crippen LogP contribution in [0, 0.1) is 0 Å². The van der Waals surface area contributed by atoms with Crippen LogP contribution >= 0.6 is 15.9 Å². The molecule has 0 saturated heterocycles. The first kappa shape index (κ1) is 15.7. The number of carbonyl (C=O) groups is 1. The summed E-state index contributed by atoms with van der Waals surface area (Å²) in [4.78, 5) is 15.8. The van der Waals surface area contributed by atoms with Gasteiger partial charge in [-0.25, -0.2) is 4.98 Å². The molecular weight excluding hydrogens is 332 g/mol. The van der Waals surface area contributed by atoms with Crippen LogP contribution in [0.2, 0.25) is 0 Å². The van der Waals surface area contributed by atoms with Gasteiger partial charge in [0.15, 0.2) is 0 Å². The third-order valence-corrected chi connectivity index (χ3v) is 3.28. The van der Waals surface area contributed by atoms with E-state index in [0.717, 1.165) is 12.0 Å². The summed E-state index contributed by atoms with van der Waals surface area (Å²) in [5.41, 5.74) is 1.75. The van der Waals surface area contributed by atoms with Gasteiger partial charge in [0.2, 0.25) is 0 Å². The van der Waals surface area contributed by atoms with E-state index < -0.39 is 0 Å². The smallest absolute Gasteiger partial charge is 0.251 e. The summed E-state index contributed by atoms with van der Waals surface area (Å²) < 4.78 is 6.21. The maximum absolute atomic E-state index is 11.9. The largest absolute Gasteiger partial charge is 0.377 e. The molecule has 110 valence electrons. The summed E-state index contributed by atoms with van der Waals surface area (Å²) in [6.45, 7) is 1.81. The van der Waals surface area contributed by atoms with Crippen LogP contribution in [-0.2, 0) is 11.3 Å². The van der Waals surface area contributed by atoms with Crippen LogP contribution in [0.3, 0.4) is 0 Å². The average molecular weight is 349 g/mol. The van der Waals surface area contributed by atoms with Crippen molar-refractivity contribution in [3.05, 3.63) is 64.4 Å². The van der Waals surface area contributed by atoms with Crippen molar-refractivity contribution in [3.8, 4) is 0 Å². The topological polar surface area (TPSA) is 51.2 Å². The van der Waals surface area contributed by atoms with Crippen molar-refractivity contribution >= 4 is 21.8 Å².